The van der Waals surface area contributed by atoms with Gasteiger partial charge < -0.3 is 4.74 Å². The topological polar surface area (TPSA) is 26.3 Å². The van der Waals surface area contributed by atoms with Gasteiger partial charge >= 0.3 is 0 Å². The predicted octanol–water partition coefficient (Wildman–Crippen LogP) is 1.48. The molecule has 1 rings (SSSR count). The number of ether oxygens (including phenoxy) is 1. The molecule has 11 heavy (non-hydrogen) atoms. The summed E-state index contributed by atoms with van der Waals surface area (Å²) in [5.41, 5.74) is 0.502. The Morgan fingerprint density at radius 2 is 2.45 bits per heavy atom. The lowest BCUT2D eigenvalue weighted by Gasteiger charge is -2.26. The fourth-order valence-corrected chi connectivity index (χ4v) is 1.12. The van der Waals surface area contributed by atoms with Crippen molar-refractivity contribution in [3.05, 3.63) is 23.8 Å². The third-order valence-corrected chi connectivity index (χ3v) is 1.93. The number of carbonyl (C=O) groups is 1. The largest absolute Gasteiger partial charge is 0.374 e. The number of hydrogen-bond donors (Lipinski definition) is 0. The summed E-state index contributed by atoms with van der Waals surface area (Å²) < 4.78 is 5.22. The summed E-state index contributed by atoms with van der Waals surface area (Å²) in [6.07, 6.45) is 7.18. The summed E-state index contributed by atoms with van der Waals surface area (Å²) >= 11 is 0. The highest BCUT2D eigenvalue weighted by Gasteiger charge is 2.23. The van der Waals surface area contributed by atoms with Crippen LogP contribution in [0.2, 0.25) is 0 Å². The van der Waals surface area contributed by atoms with E-state index in [2.05, 4.69) is 0 Å². The Morgan fingerprint density at radius 3 is 3.00 bits per heavy atom. The predicted molar refractivity (Wildman–Crippen MR) is 43.3 cm³/mol. The minimum Gasteiger partial charge on any atom is -0.374 e. The molecule has 0 amide bonds. The first-order valence-corrected chi connectivity index (χ1v) is 3.59. The molecule has 1 unspecified atom stereocenters. The van der Waals surface area contributed by atoms with Gasteiger partial charge in [-0.1, -0.05) is 18.2 Å². The van der Waals surface area contributed by atoms with E-state index in [0.29, 0.717) is 6.42 Å². The second-order valence-corrected chi connectivity index (χ2v) is 2.91. The Bertz CT molecular complexity index is 216. The zero-order valence-electron chi connectivity index (χ0n) is 6.83. The molecule has 0 aromatic carbocycles. The third kappa shape index (κ3) is 1.77. The van der Waals surface area contributed by atoms with Gasteiger partial charge in [0.15, 0.2) is 0 Å². The smallest absolute Gasteiger partial charge is 0.146 e. The SMILES string of the molecule is COC1(C)C=CC=C(C=O)C1. The molecule has 0 heterocycles. The highest BCUT2D eigenvalue weighted by Crippen LogP contribution is 2.24. The van der Waals surface area contributed by atoms with Gasteiger partial charge in [-0.15, -0.1) is 0 Å². The molecule has 0 saturated carbocycles. The van der Waals surface area contributed by atoms with E-state index >= 15 is 0 Å². The van der Waals surface area contributed by atoms with Crippen LogP contribution in [0.4, 0.5) is 0 Å². The summed E-state index contributed by atoms with van der Waals surface area (Å²) in [4.78, 5) is 10.4. The number of aldehydes is 1. The average molecular weight is 152 g/mol. The molecule has 1 aliphatic carbocycles. The second kappa shape index (κ2) is 3.01. The van der Waals surface area contributed by atoms with Crippen LogP contribution in [0.1, 0.15) is 13.3 Å². The fraction of sp³-hybridized carbons (Fsp3) is 0.444. The van der Waals surface area contributed by atoms with Gasteiger partial charge in [-0.05, 0) is 12.5 Å². The molecule has 0 radical (unpaired) electrons. The number of methoxy groups -OCH3 is 1. The lowest BCUT2D eigenvalue weighted by atomic mass is 9.92. The van der Waals surface area contributed by atoms with E-state index < -0.39 is 0 Å². The molecular weight excluding hydrogens is 140 g/mol. The third-order valence-electron chi connectivity index (χ3n) is 1.93. The molecular formula is C9H12O2. The lowest BCUT2D eigenvalue weighted by Crippen LogP contribution is -2.26. The lowest BCUT2D eigenvalue weighted by molar-refractivity contribution is -0.105. The van der Waals surface area contributed by atoms with Crippen molar-refractivity contribution in [2.75, 3.05) is 7.11 Å². The van der Waals surface area contributed by atoms with Crippen molar-refractivity contribution in [3.8, 4) is 0 Å². The zero-order valence-corrected chi connectivity index (χ0v) is 6.83. The Kier molecular flexibility index (Phi) is 2.25. The van der Waals surface area contributed by atoms with Crippen LogP contribution in [0.5, 0.6) is 0 Å². The van der Waals surface area contributed by atoms with Crippen molar-refractivity contribution in [1.82, 2.24) is 0 Å². The minimum absolute atomic E-state index is 0.287. The molecule has 1 atom stereocenters. The molecule has 0 N–H and O–H groups in total. The van der Waals surface area contributed by atoms with E-state index in [4.69, 9.17) is 4.74 Å². The first-order chi connectivity index (χ1) is 5.20. The van der Waals surface area contributed by atoms with Crippen LogP contribution in [-0.2, 0) is 9.53 Å². The molecule has 0 aliphatic heterocycles. The molecule has 2 nitrogen and oxygen atoms in total. The van der Waals surface area contributed by atoms with Crippen molar-refractivity contribution in [2.45, 2.75) is 18.9 Å². The highest BCUT2D eigenvalue weighted by molar-refractivity contribution is 5.74. The van der Waals surface area contributed by atoms with Gasteiger partial charge in [-0.3, -0.25) is 4.79 Å². The molecule has 0 aromatic heterocycles. The quantitative estimate of drug-likeness (QED) is 0.560. The highest BCUT2D eigenvalue weighted by atomic mass is 16.5. The molecule has 0 fully saturated rings. The van der Waals surface area contributed by atoms with Crippen LogP contribution in [0.15, 0.2) is 23.8 Å². The van der Waals surface area contributed by atoms with Crippen LogP contribution in [-0.4, -0.2) is 19.0 Å². The maximum atomic E-state index is 10.4. The van der Waals surface area contributed by atoms with Gasteiger partial charge in [0.1, 0.15) is 6.29 Å². The van der Waals surface area contributed by atoms with E-state index in [1.165, 1.54) is 0 Å². The van der Waals surface area contributed by atoms with Gasteiger partial charge in [0.05, 0.1) is 5.60 Å². The Labute approximate surface area is 66.5 Å². The van der Waals surface area contributed by atoms with Crippen LogP contribution < -0.4 is 0 Å². The van der Waals surface area contributed by atoms with E-state index in [-0.39, 0.29) is 5.60 Å². The van der Waals surface area contributed by atoms with Crippen molar-refractivity contribution in [2.24, 2.45) is 0 Å². The maximum absolute atomic E-state index is 10.4. The van der Waals surface area contributed by atoms with Crippen LogP contribution in [0.3, 0.4) is 0 Å². The Hall–Kier alpha value is -0.890. The van der Waals surface area contributed by atoms with E-state index in [1.807, 2.05) is 25.2 Å². The average Bonchev–Trinajstić information content (AvgIpc) is 2.05. The van der Waals surface area contributed by atoms with E-state index in [1.54, 1.807) is 7.11 Å². The van der Waals surface area contributed by atoms with E-state index in [9.17, 15) is 4.79 Å². The molecule has 2 heteroatoms. The van der Waals surface area contributed by atoms with Crippen LogP contribution in [0.25, 0.3) is 0 Å². The van der Waals surface area contributed by atoms with Crippen LogP contribution in [0, 0.1) is 0 Å². The fourth-order valence-electron chi connectivity index (χ4n) is 1.12. The van der Waals surface area contributed by atoms with Crippen molar-refractivity contribution in [1.29, 1.82) is 0 Å². The van der Waals surface area contributed by atoms with Gasteiger partial charge in [-0.2, -0.15) is 0 Å². The molecule has 0 saturated heterocycles. The summed E-state index contributed by atoms with van der Waals surface area (Å²) in [6, 6.07) is 0. The molecule has 60 valence electrons. The number of hydrogen-bond acceptors (Lipinski definition) is 2. The van der Waals surface area contributed by atoms with Gasteiger partial charge in [0.2, 0.25) is 0 Å². The first kappa shape index (κ1) is 8.21. The normalized spacial score (nSPS) is 29.8. The first-order valence-electron chi connectivity index (χ1n) is 3.59. The standard InChI is InChI=1S/C9H12O2/c1-9(11-2)5-3-4-8(6-9)7-10/h3-5,7H,6H2,1-2H3. The van der Waals surface area contributed by atoms with Crippen molar-refractivity contribution in [3.63, 3.8) is 0 Å². The Morgan fingerprint density at radius 1 is 1.73 bits per heavy atom. The summed E-state index contributed by atoms with van der Waals surface area (Å²) in [6.45, 7) is 1.96. The van der Waals surface area contributed by atoms with Crippen molar-refractivity contribution < 1.29 is 9.53 Å². The van der Waals surface area contributed by atoms with Gasteiger partial charge in [-0.25, -0.2) is 0 Å². The second-order valence-electron chi connectivity index (χ2n) is 2.91. The monoisotopic (exact) mass is 152 g/mol. The summed E-state index contributed by atoms with van der Waals surface area (Å²) in [7, 11) is 1.65. The molecule has 0 spiro atoms. The number of allylic oxidation sites excluding steroid dienone is 2. The Balaban J connectivity index is 2.76. The zero-order chi connectivity index (χ0) is 8.32. The summed E-state index contributed by atoms with van der Waals surface area (Å²) in [5.74, 6) is 0. The minimum atomic E-state index is -0.287. The summed E-state index contributed by atoms with van der Waals surface area (Å²) in [5, 5.41) is 0. The number of carbonyl (C=O) groups excluding carboxylic acids is 1. The number of rotatable bonds is 2. The van der Waals surface area contributed by atoms with Crippen molar-refractivity contribution >= 4 is 6.29 Å². The molecule has 0 aromatic rings. The van der Waals surface area contributed by atoms with Crippen LogP contribution >= 0.6 is 0 Å². The van der Waals surface area contributed by atoms with Gasteiger partial charge in [0.25, 0.3) is 0 Å². The molecule has 0 bridgehead atoms. The van der Waals surface area contributed by atoms with E-state index in [0.717, 1.165) is 11.9 Å². The van der Waals surface area contributed by atoms with Gasteiger partial charge in [0, 0.05) is 13.5 Å². The maximum Gasteiger partial charge on any atom is 0.146 e. The molecule has 1 aliphatic rings.